The number of aliphatic hydroxyl groups is 1. The van der Waals surface area contributed by atoms with Gasteiger partial charge in [0.2, 0.25) is 0 Å². The lowest BCUT2D eigenvalue weighted by Crippen LogP contribution is -2.27. The summed E-state index contributed by atoms with van der Waals surface area (Å²) in [6.07, 6.45) is 2.09. The first kappa shape index (κ1) is 15.1. The summed E-state index contributed by atoms with van der Waals surface area (Å²) >= 11 is 0. The molecule has 5 nitrogen and oxygen atoms in total. The fourth-order valence-electron chi connectivity index (χ4n) is 3.82. The Kier molecular flexibility index (Phi) is 3.03. The lowest BCUT2D eigenvalue weighted by Gasteiger charge is -2.35. The van der Waals surface area contributed by atoms with Crippen molar-refractivity contribution in [2.45, 2.75) is 45.1 Å². The maximum atomic E-state index is 12.6. The van der Waals surface area contributed by atoms with Crippen LogP contribution in [0.3, 0.4) is 0 Å². The Hall–Kier alpha value is -2.40. The minimum atomic E-state index is -0.761. The summed E-state index contributed by atoms with van der Waals surface area (Å²) in [4.78, 5) is 24.9. The van der Waals surface area contributed by atoms with Gasteiger partial charge in [0.05, 0.1) is 17.8 Å². The van der Waals surface area contributed by atoms with Crippen LogP contribution in [-0.2, 0) is 5.41 Å². The second-order valence-corrected chi connectivity index (χ2v) is 7.19. The summed E-state index contributed by atoms with van der Waals surface area (Å²) in [5.41, 5.74) is 0.818. The lowest BCUT2D eigenvalue weighted by molar-refractivity contribution is 0.141. The SMILES string of the molecule is Cc1coc2c1c(=O)oc(=O)c1c3c(ccc12)C(C)(C)CCC3O. The second-order valence-electron chi connectivity index (χ2n) is 7.19. The Morgan fingerprint density at radius 2 is 1.88 bits per heavy atom. The van der Waals surface area contributed by atoms with Crippen molar-refractivity contribution in [3.63, 3.8) is 0 Å². The molecule has 2 heterocycles. The van der Waals surface area contributed by atoms with E-state index in [1.807, 2.05) is 6.07 Å². The molecule has 1 aliphatic carbocycles. The van der Waals surface area contributed by atoms with Crippen LogP contribution in [0.1, 0.15) is 49.5 Å². The van der Waals surface area contributed by atoms with Crippen LogP contribution in [0.4, 0.5) is 0 Å². The van der Waals surface area contributed by atoms with E-state index in [4.69, 9.17) is 8.83 Å². The van der Waals surface area contributed by atoms with E-state index in [1.54, 1.807) is 13.0 Å². The molecule has 5 heteroatoms. The molecule has 0 aliphatic heterocycles. The molecule has 4 rings (SSSR count). The normalized spacial score (nSPS) is 19.6. The first-order valence-corrected chi connectivity index (χ1v) is 8.01. The molecule has 1 N–H and O–H groups in total. The molecular formula is C19H18O5. The standard InChI is InChI=1S/C19H18O5/c1-9-8-23-16-10-4-5-11-15(12(20)6-7-19(11,2)3)14(10)18(22)24-17(21)13(9)16/h4-5,8,12,20H,6-7H2,1-3H3. The zero-order valence-corrected chi connectivity index (χ0v) is 13.8. The molecule has 0 bridgehead atoms. The molecule has 1 atom stereocenters. The van der Waals surface area contributed by atoms with Crippen LogP contribution in [0.5, 0.6) is 0 Å². The maximum Gasteiger partial charge on any atom is 0.350 e. The van der Waals surface area contributed by atoms with Gasteiger partial charge in [-0.2, -0.15) is 0 Å². The molecule has 1 aliphatic rings. The third kappa shape index (κ3) is 1.91. The average Bonchev–Trinajstić information content (AvgIpc) is 2.86. The Labute approximate surface area is 137 Å². The number of aryl methyl sites for hydroxylation is 1. The zero-order chi connectivity index (χ0) is 17.2. The van der Waals surface area contributed by atoms with Crippen molar-refractivity contribution in [2.24, 2.45) is 0 Å². The Morgan fingerprint density at radius 3 is 2.62 bits per heavy atom. The predicted molar refractivity (Wildman–Crippen MR) is 90.5 cm³/mol. The number of hydrogen-bond donors (Lipinski definition) is 1. The number of benzene rings is 1. The van der Waals surface area contributed by atoms with Crippen molar-refractivity contribution in [3.05, 3.63) is 55.9 Å². The number of rotatable bonds is 0. The fourth-order valence-corrected chi connectivity index (χ4v) is 3.82. The molecule has 1 aromatic carbocycles. The molecule has 0 amide bonds. The topological polar surface area (TPSA) is 80.7 Å². The van der Waals surface area contributed by atoms with Gasteiger partial charge in [-0.1, -0.05) is 26.0 Å². The van der Waals surface area contributed by atoms with Crippen LogP contribution in [-0.4, -0.2) is 5.11 Å². The van der Waals surface area contributed by atoms with E-state index in [0.29, 0.717) is 28.5 Å². The number of fused-ring (bicyclic) bond motifs is 5. The van der Waals surface area contributed by atoms with Gasteiger partial charge in [0.1, 0.15) is 11.0 Å². The van der Waals surface area contributed by atoms with E-state index in [-0.39, 0.29) is 16.2 Å². The van der Waals surface area contributed by atoms with Gasteiger partial charge in [-0.25, -0.2) is 9.59 Å². The molecule has 124 valence electrons. The van der Waals surface area contributed by atoms with Gasteiger partial charge in [0, 0.05) is 10.9 Å². The van der Waals surface area contributed by atoms with E-state index in [1.165, 1.54) is 6.26 Å². The highest BCUT2D eigenvalue weighted by atomic mass is 16.4. The number of aliphatic hydroxyl groups excluding tert-OH is 1. The zero-order valence-electron chi connectivity index (χ0n) is 13.8. The van der Waals surface area contributed by atoms with Crippen LogP contribution in [0.2, 0.25) is 0 Å². The van der Waals surface area contributed by atoms with Gasteiger partial charge in [-0.3, -0.25) is 0 Å². The highest BCUT2D eigenvalue weighted by Gasteiger charge is 2.34. The largest absolute Gasteiger partial charge is 0.463 e. The molecular weight excluding hydrogens is 308 g/mol. The summed E-state index contributed by atoms with van der Waals surface area (Å²) in [5.74, 6) is 0. The number of furan rings is 1. The third-order valence-corrected chi connectivity index (χ3v) is 5.16. The van der Waals surface area contributed by atoms with Crippen LogP contribution >= 0.6 is 0 Å². The van der Waals surface area contributed by atoms with E-state index in [0.717, 1.165) is 12.0 Å². The van der Waals surface area contributed by atoms with E-state index in [9.17, 15) is 14.7 Å². The average molecular weight is 326 g/mol. The monoisotopic (exact) mass is 326 g/mol. The second kappa shape index (κ2) is 4.80. The summed E-state index contributed by atoms with van der Waals surface area (Å²) in [6, 6.07) is 3.71. The maximum absolute atomic E-state index is 12.6. The molecule has 0 saturated heterocycles. The van der Waals surface area contributed by atoms with Gasteiger partial charge in [0.25, 0.3) is 0 Å². The number of hydrogen-bond acceptors (Lipinski definition) is 5. The summed E-state index contributed by atoms with van der Waals surface area (Å²) in [7, 11) is 0. The van der Waals surface area contributed by atoms with Crippen molar-refractivity contribution in [1.82, 2.24) is 0 Å². The van der Waals surface area contributed by atoms with Crippen molar-refractivity contribution in [2.75, 3.05) is 0 Å². The minimum absolute atomic E-state index is 0.165. The molecule has 1 unspecified atom stereocenters. The highest BCUT2D eigenvalue weighted by Crippen LogP contribution is 2.44. The van der Waals surface area contributed by atoms with Crippen molar-refractivity contribution >= 4 is 21.7 Å². The molecule has 24 heavy (non-hydrogen) atoms. The van der Waals surface area contributed by atoms with Crippen LogP contribution in [0.25, 0.3) is 21.7 Å². The smallest absolute Gasteiger partial charge is 0.350 e. The first-order chi connectivity index (χ1) is 11.3. The minimum Gasteiger partial charge on any atom is -0.463 e. The van der Waals surface area contributed by atoms with Gasteiger partial charge in [0.15, 0.2) is 0 Å². The van der Waals surface area contributed by atoms with Crippen molar-refractivity contribution in [3.8, 4) is 0 Å². The quantitative estimate of drug-likeness (QED) is 0.685. The van der Waals surface area contributed by atoms with Gasteiger partial charge < -0.3 is 13.9 Å². The van der Waals surface area contributed by atoms with Crippen LogP contribution < -0.4 is 11.3 Å². The van der Waals surface area contributed by atoms with E-state index < -0.39 is 17.4 Å². The van der Waals surface area contributed by atoms with Crippen molar-refractivity contribution < 1.29 is 13.9 Å². The van der Waals surface area contributed by atoms with Crippen molar-refractivity contribution in [1.29, 1.82) is 0 Å². The first-order valence-electron chi connectivity index (χ1n) is 8.01. The van der Waals surface area contributed by atoms with Gasteiger partial charge in [-0.05, 0) is 36.3 Å². The fraction of sp³-hybridized carbons (Fsp3) is 0.368. The van der Waals surface area contributed by atoms with E-state index in [2.05, 4.69) is 13.8 Å². The highest BCUT2D eigenvalue weighted by molar-refractivity contribution is 6.04. The van der Waals surface area contributed by atoms with Gasteiger partial charge >= 0.3 is 11.3 Å². The van der Waals surface area contributed by atoms with Crippen LogP contribution in [0.15, 0.2) is 36.8 Å². The third-order valence-electron chi connectivity index (χ3n) is 5.16. The van der Waals surface area contributed by atoms with Gasteiger partial charge in [-0.15, -0.1) is 0 Å². The molecule has 3 aromatic rings. The van der Waals surface area contributed by atoms with E-state index >= 15 is 0 Å². The summed E-state index contributed by atoms with van der Waals surface area (Å²) in [5, 5.41) is 11.6. The molecule has 0 fully saturated rings. The Balaban J connectivity index is 2.33. The lowest BCUT2D eigenvalue weighted by atomic mass is 9.71. The predicted octanol–water partition coefficient (Wildman–Crippen LogP) is 3.31. The van der Waals surface area contributed by atoms with Crippen LogP contribution in [0, 0.1) is 6.92 Å². The molecule has 0 radical (unpaired) electrons. The molecule has 0 saturated carbocycles. The molecule has 0 spiro atoms. The molecule has 2 aromatic heterocycles. The summed E-state index contributed by atoms with van der Waals surface area (Å²) in [6.45, 7) is 5.90. The Morgan fingerprint density at radius 1 is 1.17 bits per heavy atom. The Bertz CT molecular complexity index is 1100. The summed E-state index contributed by atoms with van der Waals surface area (Å²) < 4.78 is 10.6.